The summed E-state index contributed by atoms with van der Waals surface area (Å²) in [7, 11) is 2.65. The van der Waals surface area contributed by atoms with E-state index in [4.69, 9.17) is 0 Å². The summed E-state index contributed by atoms with van der Waals surface area (Å²) in [6.07, 6.45) is 0. The lowest BCUT2D eigenvalue weighted by Crippen LogP contribution is -2.58. The smallest absolute Gasteiger partial charge is 0.320 e. The van der Waals surface area contributed by atoms with Crippen molar-refractivity contribution in [1.29, 1.82) is 0 Å². The third-order valence-corrected chi connectivity index (χ3v) is 1.93. The molecular formula is C6H9N3O4. The SMILES string of the molecule is CN1CC([N+](=O)[O-])C(=O)N(C)C1=O. The molecule has 0 spiro atoms. The third kappa shape index (κ3) is 1.44. The first-order valence-electron chi connectivity index (χ1n) is 3.61. The second-order valence-electron chi connectivity index (χ2n) is 2.86. The molecule has 1 rings (SSSR count). The maximum atomic E-state index is 11.2. The molecule has 0 N–H and O–H groups in total. The molecule has 1 unspecified atom stereocenters. The van der Waals surface area contributed by atoms with Crippen LogP contribution in [0.5, 0.6) is 0 Å². The van der Waals surface area contributed by atoms with Crippen LogP contribution in [0.1, 0.15) is 0 Å². The number of nitro groups is 1. The Kier molecular flexibility index (Phi) is 2.18. The Morgan fingerprint density at radius 2 is 2.00 bits per heavy atom. The van der Waals surface area contributed by atoms with Gasteiger partial charge in [-0.25, -0.2) is 4.79 Å². The summed E-state index contributed by atoms with van der Waals surface area (Å²) in [5.74, 6) is -0.756. The molecule has 1 atom stereocenters. The monoisotopic (exact) mass is 187 g/mol. The highest BCUT2D eigenvalue weighted by Crippen LogP contribution is 2.09. The van der Waals surface area contributed by atoms with Crippen LogP contribution in [0.4, 0.5) is 4.79 Å². The summed E-state index contributed by atoms with van der Waals surface area (Å²) < 4.78 is 0. The minimum Gasteiger partial charge on any atom is -0.320 e. The second kappa shape index (κ2) is 3.00. The molecule has 0 bridgehead atoms. The van der Waals surface area contributed by atoms with Gasteiger partial charge in [-0.1, -0.05) is 0 Å². The Balaban J connectivity index is 2.88. The molecule has 7 heteroatoms. The highest BCUT2D eigenvalue weighted by molar-refractivity contribution is 5.98. The van der Waals surface area contributed by atoms with E-state index in [1.165, 1.54) is 14.1 Å². The van der Waals surface area contributed by atoms with E-state index in [-0.39, 0.29) is 6.54 Å². The van der Waals surface area contributed by atoms with Crippen molar-refractivity contribution in [2.75, 3.05) is 20.6 Å². The van der Waals surface area contributed by atoms with Gasteiger partial charge in [-0.15, -0.1) is 0 Å². The van der Waals surface area contributed by atoms with Gasteiger partial charge in [0.2, 0.25) is 0 Å². The van der Waals surface area contributed by atoms with E-state index < -0.39 is 22.9 Å². The van der Waals surface area contributed by atoms with Crippen molar-refractivity contribution in [3.8, 4) is 0 Å². The normalized spacial score (nSPS) is 23.7. The van der Waals surface area contributed by atoms with Gasteiger partial charge in [0.1, 0.15) is 0 Å². The molecule has 1 aliphatic heterocycles. The molecule has 7 nitrogen and oxygen atoms in total. The lowest BCUT2D eigenvalue weighted by Gasteiger charge is -2.30. The fourth-order valence-electron chi connectivity index (χ4n) is 1.15. The van der Waals surface area contributed by atoms with Gasteiger partial charge in [0.15, 0.2) is 0 Å². The van der Waals surface area contributed by atoms with E-state index in [2.05, 4.69) is 0 Å². The van der Waals surface area contributed by atoms with Gasteiger partial charge in [-0.05, 0) is 0 Å². The first-order valence-corrected chi connectivity index (χ1v) is 3.61. The zero-order valence-electron chi connectivity index (χ0n) is 7.26. The predicted molar refractivity (Wildman–Crippen MR) is 41.6 cm³/mol. The van der Waals surface area contributed by atoms with Crippen molar-refractivity contribution in [3.63, 3.8) is 0 Å². The summed E-state index contributed by atoms with van der Waals surface area (Å²) >= 11 is 0. The molecule has 0 saturated carbocycles. The van der Waals surface area contributed by atoms with Gasteiger partial charge < -0.3 is 4.90 Å². The van der Waals surface area contributed by atoms with Gasteiger partial charge in [0, 0.05) is 19.0 Å². The zero-order chi connectivity index (χ0) is 10.2. The van der Waals surface area contributed by atoms with Crippen LogP contribution in [0.25, 0.3) is 0 Å². The number of amides is 3. The van der Waals surface area contributed by atoms with Crippen LogP contribution in [-0.2, 0) is 4.79 Å². The topological polar surface area (TPSA) is 83.8 Å². The van der Waals surface area contributed by atoms with Crippen LogP contribution in [0.2, 0.25) is 0 Å². The number of carbonyl (C=O) groups is 2. The minimum atomic E-state index is -1.33. The van der Waals surface area contributed by atoms with Gasteiger partial charge >= 0.3 is 18.0 Å². The highest BCUT2D eigenvalue weighted by Gasteiger charge is 2.42. The number of nitrogens with zero attached hydrogens (tertiary/aromatic N) is 3. The van der Waals surface area contributed by atoms with Crippen LogP contribution in [-0.4, -0.2) is 53.3 Å². The van der Waals surface area contributed by atoms with Gasteiger partial charge in [0.25, 0.3) is 0 Å². The van der Waals surface area contributed by atoms with Crippen LogP contribution in [0, 0.1) is 10.1 Å². The molecule has 1 aliphatic rings. The first kappa shape index (κ1) is 9.43. The maximum absolute atomic E-state index is 11.2. The number of likely N-dealkylation sites (N-methyl/N-ethyl adjacent to an activating group) is 2. The number of imide groups is 1. The average Bonchev–Trinajstić information content (AvgIpc) is 2.07. The van der Waals surface area contributed by atoms with E-state index in [0.29, 0.717) is 0 Å². The molecule has 1 heterocycles. The summed E-state index contributed by atoms with van der Waals surface area (Å²) in [6, 6.07) is -1.84. The fraction of sp³-hybridized carbons (Fsp3) is 0.667. The lowest BCUT2D eigenvalue weighted by molar-refractivity contribution is -0.509. The quantitative estimate of drug-likeness (QED) is 0.395. The third-order valence-electron chi connectivity index (χ3n) is 1.93. The Hall–Kier alpha value is -1.66. The van der Waals surface area contributed by atoms with Gasteiger partial charge in [-0.2, -0.15) is 0 Å². The lowest BCUT2D eigenvalue weighted by atomic mass is 10.2. The predicted octanol–water partition coefficient (Wildman–Crippen LogP) is -0.845. The van der Waals surface area contributed by atoms with Crippen molar-refractivity contribution >= 4 is 11.9 Å². The van der Waals surface area contributed by atoms with Crippen molar-refractivity contribution < 1.29 is 14.5 Å². The summed E-state index contributed by atoms with van der Waals surface area (Å²) in [5.41, 5.74) is 0. The summed E-state index contributed by atoms with van der Waals surface area (Å²) in [6.45, 7) is -0.158. The molecule has 3 amide bonds. The van der Waals surface area contributed by atoms with Crippen LogP contribution in [0.15, 0.2) is 0 Å². The second-order valence-corrected chi connectivity index (χ2v) is 2.86. The van der Waals surface area contributed by atoms with Gasteiger partial charge in [0.05, 0.1) is 6.54 Å². The highest BCUT2D eigenvalue weighted by atomic mass is 16.6. The number of hydrogen-bond acceptors (Lipinski definition) is 4. The molecule has 13 heavy (non-hydrogen) atoms. The maximum Gasteiger partial charge on any atom is 0.326 e. The van der Waals surface area contributed by atoms with Gasteiger partial charge in [-0.3, -0.25) is 19.8 Å². The average molecular weight is 187 g/mol. The molecule has 1 saturated heterocycles. The molecule has 0 aromatic carbocycles. The number of rotatable bonds is 1. The van der Waals surface area contributed by atoms with E-state index >= 15 is 0 Å². The zero-order valence-corrected chi connectivity index (χ0v) is 7.26. The Labute approximate surface area is 74.1 Å². The number of carbonyl (C=O) groups excluding carboxylic acids is 2. The van der Waals surface area contributed by atoms with E-state index in [0.717, 1.165) is 9.80 Å². The first-order chi connectivity index (χ1) is 5.95. The molecule has 1 fully saturated rings. The summed E-state index contributed by atoms with van der Waals surface area (Å²) in [4.78, 5) is 33.9. The van der Waals surface area contributed by atoms with E-state index in [9.17, 15) is 19.7 Å². The Bertz CT molecular complexity index is 277. The van der Waals surface area contributed by atoms with Crippen LogP contribution in [0.3, 0.4) is 0 Å². The van der Waals surface area contributed by atoms with Crippen molar-refractivity contribution in [2.45, 2.75) is 6.04 Å². The van der Waals surface area contributed by atoms with Crippen LogP contribution >= 0.6 is 0 Å². The standard InChI is InChI=1S/C6H9N3O4/c1-7-3-4(9(12)13)5(10)8(2)6(7)11/h4H,3H2,1-2H3. The fourth-order valence-corrected chi connectivity index (χ4v) is 1.15. The van der Waals surface area contributed by atoms with Crippen molar-refractivity contribution in [2.24, 2.45) is 0 Å². The Morgan fingerprint density at radius 3 is 2.46 bits per heavy atom. The molecule has 0 aromatic rings. The largest absolute Gasteiger partial charge is 0.326 e. The molecular weight excluding hydrogens is 178 g/mol. The molecule has 0 aromatic heterocycles. The van der Waals surface area contributed by atoms with E-state index in [1.807, 2.05) is 0 Å². The minimum absolute atomic E-state index is 0.158. The van der Waals surface area contributed by atoms with Crippen molar-refractivity contribution in [3.05, 3.63) is 10.1 Å². The van der Waals surface area contributed by atoms with Crippen molar-refractivity contribution in [1.82, 2.24) is 9.80 Å². The Morgan fingerprint density at radius 1 is 1.46 bits per heavy atom. The molecule has 0 radical (unpaired) electrons. The van der Waals surface area contributed by atoms with Crippen LogP contribution < -0.4 is 0 Å². The van der Waals surface area contributed by atoms with E-state index in [1.54, 1.807) is 0 Å². The molecule has 0 aliphatic carbocycles. The number of urea groups is 1. The summed E-state index contributed by atoms with van der Waals surface area (Å²) in [5, 5.41) is 10.4. The molecule has 72 valence electrons. The number of hydrogen-bond donors (Lipinski definition) is 0.